The molecule has 0 fully saturated rings. The van der Waals surface area contributed by atoms with Gasteiger partial charge < -0.3 is 15.6 Å². The highest BCUT2D eigenvalue weighted by atomic mass is 16.5. The molecule has 0 bridgehead atoms. The molecule has 0 aliphatic rings. The maximum Gasteiger partial charge on any atom is 0.123 e. The Morgan fingerprint density at radius 1 is 1.32 bits per heavy atom. The molecule has 0 aromatic heterocycles. The van der Waals surface area contributed by atoms with E-state index in [1.807, 2.05) is 13.0 Å². The maximum absolute atomic E-state index is 9.54. The first-order valence-electron chi connectivity index (χ1n) is 7.02. The number of benzene rings is 1. The van der Waals surface area contributed by atoms with Crippen molar-refractivity contribution in [3.05, 3.63) is 29.3 Å². The van der Waals surface area contributed by atoms with Crippen molar-refractivity contribution in [1.82, 2.24) is 0 Å². The van der Waals surface area contributed by atoms with Crippen molar-refractivity contribution >= 4 is 0 Å². The van der Waals surface area contributed by atoms with Crippen LogP contribution in [0.15, 0.2) is 18.2 Å². The van der Waals surface area contributed by atoms with E-state index in [2.05, 4.69) is 32.9 Å². The quantitative estimate of drug-likeness (QED) is 0.831. The zero-order chi connectivity index (χ0) is 14.5. The van der Waals surface area contributed by atoms with Gasteiger partial charge in [0.15, 0.2) is 0 Å². The molecule has 0 saturated carbocycles. The highest BCUT2D eigenvalue weighted by Crippen LogP contribution is 2.32. The van der Waals surface area contributed by atoms with E-state index in [4.69, 9.17) is 10.5 Å². The fourth-order valence-corrected chi connectivity index (χ4v) is 2.05. The molecule has 3 N–H and O–H groups in total. The molecule has 1 unspecified atom stereocenters. The zero-order valence-electron chi connectivity index (χ0n) is 12.6. The molecular formula is C16H27NO2. The first-order valence-corrected chi connectivity index (χ1v) is 7.02. The number of ether oxygens (including phenoxy) is 1. The molecular weight excluding hydrogens is 238 g/mol. The van der Waals surface area contributed by atoms with Gasteiger partial charge in [0.2, 0.25) is 0 Å². The summed E-state index contributed by atoms with van der Waals surface area (Å²) in [5.41, 5.74) is 7.92. The van der Waals surface area contributed by atoms with Gasteiger partial charge in [0.25, 0.3) is 0 Å². The van der Waals surface area contributed by atoms with E-state index in [1.54, 1.807) is 0 Å². The minimum Gasteiger partial charge on any atom is -0.494 e. The van der Waals surface area contributed by atoms with Crippen LogP contribution in [0.3, 0.4) is 0 Å². The predicted octanol–water partition coefficient (Wildman–Crippen LogP) is 2.64. The number of hydrogen-bond acceptors (Lipinski definition) is 3. The Balaban J connectivity index is 2.92. The van der Waals surface area contributed by atoms with Gasteiger partial charge in [0.1, 0.15) is 5.75 Å². The normalized spacial score (nSPS) is 13.4. The Labute approximate surface area is 116 Å². The molecule has 0 amide bonds. The second kappa shape index (κ2) is 6.92. The third kappa shape index (κ3) is 4.84. The van der Waals surface area contributed by atoms with Crippen LogP contribution in [0.4, 0.5) is 0 Å². The van der Waals surface area contributed by atoms with E-state index in [-0.39, 0.29) is 5.41 Å². The molecule has 0 aliphatic heterocycles. The van der Waals surface area contributed by atoms with Crippen molar-refractivity contribution in [2.75, 3.05) is 13.2 Å². The summed E-state index contributed by atoms with van der Waals surface area (Å²) in [5, 5.41) is 9.54. The topological polar surface area (TPSA) is 55.5 Å². The Kier molecular flexibility index (Phi) is 5.83. The van der Waals surface area contributed by atoms with Crippen molar-refractivity contribution in [3.8, 4) is 5.75 Å². The number of rotatable bonds is 6. The van der Waals surface area contributed by atoms with Crippen molar-refractivity contribution in [2.45, 2.75) is 52.1 Å². The molecule has 1 aromatic rings. The number of nitrogens with two attached hydrogens (primary N) is 1. The van der Waals surface area contributed by atoms with Gasteiger partial charge in [0.05, 0.1) is 12.7 Å². The van der Waals surface area contributed by atoms with Crippen LogP contribution < -0.4 is 10.5 Å². The molecule has 19 heavy (non-hydrogen) atoms. The molecule has 0 saturated heterocycles. The van der Waals surface area contributed by atoms with Crippen LogP contribution in [0.25, 0.3) is 0 Å². The van der Waals surface area contributed by atoms with Crippen molar-refractivity contribution < 1.29 is 9.84 Å². The van der Waals surface area contributed by atoms with Gasteiger partial charge in [-0.3, -0.25) is 0 Å². The molecule has 0 aliphatic carbocycles. The third-order valence-electron chi connectivity index (χ3n) is 3.19. The van der Waals surface area contributed by atoms with Gasteiger partial charge >= 0.3 is 0 Å². The molecule has 0 heterocycles. The highest BCUT2D eigenvalue weighted by molar-refractivity contribution is 5.41. The van der Waals surface area contributed by atoms with Crippen LogP contribution in [-0.4, -0.2) is 24.4 Å². The van der Waals surface area contributed by atoms with E-state index in [0.29, 0.717) is 19.6 Å². The molecule has 1 aromatic carbocycles. The van der Waals surface area contributed by atoms with Crippen LogP contribution in [0.1, 0.15) is 45.2 Å². The summed E-state index contributed by atoms with van der Waals surface area (Å²) in [6, 6.07) is 6.30. The monoisotopic (exact) mass is 265 g/mol. The standard InChI is InChI=1S/C16H27NO2/c1-5-19-15-9-7-12(6-8-13(18)11-17)10-14(15)16(2,3)4/h7,9-10,13,18H,5-6,8,11,17H2,1-4H3. The van der Waals surface area contributed by atoms with E-state index >= 15 is 0 Å². The fourth-order valence-electron chi connectivity index (χ4n) is 2.05. The molecule has 108 valence electrons. The van der Waals surface area contributed by atoms with Crippen molar-refractivity contribution in [1.29, 1.82) is 0 Å². The van der Waals surface area contributed by atoms with E-state index in [0.717, 1.165) is 12.2 Å². The molecule has 3 nitrogen and oxygen atoms in total. The predicted molar refractivity (Wildman–Crippen MR) is 79.7 cm³/mol. The smallest absolute Gasteiger partial charge is 0.123 e. The van der Waals surface area contributed by atoms with Crippen LogP contribution >= 0.6 is 0 Å². The second-order valence-electron chi connectivity index (χ2n) is 5.94. The largest absolute Gasteiger partial charge is 0.494 e. The van der Waals surface area contributed by atoms with Crippen LogP contribution in [0, 0.1) is 0 Å². The van der Waals surface area contributed by atoms with Gasteiger partial charge in [-0.15, -0.1) is 0 Å². The van der Waals surface area contributed by atoms with Crippen LogP contribution in [0.2, 0.25) is 0 Å². The average Bonchev–Trinajstić information content (AvgIpc) is 2.36. The molecule has 1 atom stereocenters. The lowest BCUT2D eigenvalue weighted by Gasteiger charge is -2.23. The van der Waals surface area contributed by atoms with Crippen molar-refractivity contribution in [2.24, 2.45) is 5.73 Å². The lowest BCUT2D eigenvalue weighted by molar-refractivity contribution is 0.173. The number of aryl methyl sites for hydroxylation is 1. The summed E-state index contributed by atoms with van der Waals surface area (Å²) in [4.78, 5) is 0. The second-order valence-corrected chi connectivity index (χ2v) is 5.94. The lowest BCUT2D eigenvalue weighted by atomic mass is 9.85. The minimum absolute atomic E-state index is 0.0486. The molecule has 0 spiro atoms. The summed E-state index contributed by atoms with van der Waals surface area (Å²) in [5.74, 6) is 0.957. The maximum atomic E-state index is 9.54. The first kappa shape index (κ1) is 16.0. The fraction of sp³-hybridized carbons (Fsp3) is 0.625. The van der Waals surface area contributed by atoms with Gasteiger partial charge in [-0.05, 0) is 42.4 Å². The van der Waals surface area contributed by atoms with Gasteiger partial charge in [-0.2, -0.15) is 0 Å². The summed E-state index contributed by atoms with van der Waals surface area (Å²) in [6.45, 7) is 9.55. The van der Waals surface area contributed by atoms with Gasteiger partial charge in [-0.25, -0.2) is 0 Å². The molecule has 1 rings (SSSR count). The summed E-state index contributed by atoms with van der Waals surface area (Å²) < 4.78 is 5.70. The van der Waals surface area contributed by atoms with Crippen molar-refractivity contribution in [3.63, 3.8) is 0 Å². The van der Waals surface area contributed by atoms with E-state index in [1.165, 1.54) is 11.1 Å². The van der Waals surface area contributed by atoms with E-state index in [9.17, 15) is 5.11 Å². The third-order valence-corrected chi connectivity index (χ3v) is 3.19. The number of hydrogen-bond donors (Lipinski definition) is 2. The SMILES string of the molecule is CCOc1ccc(CCC(O)CN)cc1C(C)(C)C. The highest BCUT2D eigenvalue weighted by Gasteiger charge is 2.19. The molecule has 0 radical (unpaired) electrons. The Morgan fingerprint density at radius 3 is 2.53 bits per heavy atom. The Bertz CT molecular complexity index is 396. The number of aliphatic hydroxyl groups excluding tert-OH is 1. The summed E-state index contributed by atoms with van der Waals surface area (Å²) >= 11 is 0. The van der Waals surface area contributed by atoms with Crippen LogP contribution in [-0.2, 0) is 11.8 Å². The summed E-state index contributed by atoms with van der Waals surface area (Å²) in [6.07, 6.45) is 1.13. The Hall–Kier alpha value is -1.06. The number of aliphatic hydroxyl groups is 1. The minimum atomic E-state index is -0.412. The average molecular weight is 265 g/mol. The van der Waals surface area contributed by atoms with E-state index < -0.39 is 6.10 Å². The van der Waals surface area contributed by atoms with Gasteiger partial charge in [-0.1, -0.05) is 32.9 Å². The summed E-state index contributed by atoms with van der Waals surface area (Å²) in [7, 11) is 0. The molecule has 3 heteroatoms. The van der Waals surface area contributed by atoms with Gasteiger partial charge in [0, 0.05) is 6.54 Å². The Morgan fingerprint density at radius 2 is 2.00 bits per heavy atom. The first-order chi connectivity index (χ1) is 8.88. The lowest BCUT2D eigenvalue weighted by Crippen LogP contribution is -2.20. The van der Waals surface area contributed by atoms with Crippen LogP contribution in [0.5, 0.6) is 5.75 Å². The zero-order valence-corrected chi connectivity index (χ0v) is 12.6.